The number of nitrogens with zero attached hydrogens (tertiary/aromatic N) is 4. The summed E-state index contributed by atoms with van der Waals surface area (Å²) in [7, 11) is 1.68. The van der Waals surface area contributed by atoms with Gasteiger partial charge in [0, 0.05) is 12.3 Å². The van der Waals surface area contributed by atoms with Crippen LogP contribution in [-0.2, 0) is 13.5 Å². The summed E-state index contributed by atoms with van der Waals surface area (Å²) in [5, 5.41) is 21.0. The van der Waals surface area contributed by atoms with Crippen molar-refractivity contribution in [3.63, 3.8) is 0 Å². The number of rotatable bonds is 4. The highest BCUT2D eigenvalue weighted by Crippen LogP contribution is 2.19. The molecule has 0 spiro atoms. The summed E-state index contributed by atoms with van der Waals surface area (Å²) in [6.45, 7) is -0.0378. The average Bonchev–Trinajstić information content (AvgIpc) is 2.73. The van der Waals surface area contributed by atoms with Crippen molar-refractivity contribution in [1.29, 1.82) is 0 Å². The van der Waals surface area contributed by atoms with Gasteiger partial charge >= 0.3 is 0 Å². The van der Waals surface area contributed by atoms with Crippen LogP contribution in [-0.4, -0.2) is 31.9 Å². The Hall–Kier alpha value is -1.82. The molecule has 1 aromatic carbocycles. The molecular formula is C11H13FN4O. The van der Waals surface area contributed by atoms with Gasteiger partial charge in [-0.25, -0.2) is 4.39 Å². The van der Waals surface area contributed by atoms with Gasteiger partial charge in [-0.3, -0.25) is 0 Å². The van der Waals surface area contributed by atoms with Crippen molar-refractivity contribution in [3.05, 3.63) is 41.5 Å². The van der Waals surface area contributed by atoms with Crippen LogP contribution in [0.25, 0.3) is 0 Å². The van der Waals surface area contributed by atoms with Gasteiger partial charge in [-0.15, -0.1) is 10.2 Å². The maximum absolute atomic E-state index is 12.8. The van der Waals surface area contributed by atoms with Crippen molar-refractivity contribution < 1.29 is 9.50 Å². The Balaban J connectivity index is 2.13. The molecule has 0 saturated carbocycles. The third-order valence-corrected chi connectivity index (χ3v) is 2.54. The van der Waals surface area contributed by atoms with E-state index in [0.29, 0.717) is 12.2 Å². The molecule has 5 nitrogen and oxygen atoms in total. The molecule has 90 valence electrons. The maximum atomic E-state index is 12.8. The molecule has 0 fully saturated rings. The molecule has 0 bridgehead atoms. The van der Waals surface area contributed by atoms with Crippen molar-refractivity contribution in [1.82, 2.24) is 20.2 Å². The van der Waals surface area contributed by atoms with Crippen molar-refractivity contribution >= 4 is 0 Å². The van der Waals surface area contributed by atoms with Gasteiger partial charge in [0.25, 0.3) is 0 Å². The lowest BCUT2D eigenvalue weighted by Crippen LogP contribution is -2.09. The molecule has 0 aliphatic carbocycles. The SMILES string of the molecule is Cn1nnc(CC(CO)c2ccc(F)cc2)n1. The standard InChI is InChI=1S/C11H13FN4O/c1-16-14-11(13-15-16)6-9(7-17)8-2-4-10(12)5-3-8/h2-5,9,17H,6-7H2,1H3. The zero-order valence-electron chi connectivity index (χ0n) is 9.41. The molecule has 1 N–H and O–H groups in total. The molecule has 1 heterocycles. The Labute approximate surface area is 97.9 Å². The van der Waals surface area contributed by atoms with E-state index in [4.69, 9.17) is 0 Å². The lowest BCUT2D eigenvalue weighted by Gasteiger charge is -2.12. The van der Waals surface area contributed by atoms with E-state index >= 15 is 0 Å². The summed E-state index contributed by atoms with van der Waals surface area (Å²) in [5.41, 5.74) is 0.862. The van der Waals surface area contributed by atoms with E-state index in [1.165, 1.54) is 16.9 Å². The van der Waals surface area contributed by atoms with Gasteiger partial charge in [0.05, 0.1) is 13.7 Å². The topological polar surface area (TPSA) is 63.8 Å². The first-order chi connectivity index (χ1) is 8.19. The molecule has 2 aromatic rings. The highest BCUT2D eigenvalue weighted by Gasteiger charge is 2.14. The number of aryl methyl sites for hydroxylation is 1. The highest BCUT2D eigenvalue weighted by atomic mass is 19.1. The van der Waals surface area contributed by atoms with Gasteiger partial charge in [0.15, 0.2) is 5.82 Å². The van der Waals surface area contributed by atoms with Crippen molar-refractivity contribution in [2.75, 3.05) is 6.61 Å². The van der Waals surface area contributed by atoms with E-state index in [9.17, 15) is 9.50 Å². The molecule has 17 heavy (non-hydrogen) atoms. The second-order valence-corrected chi connectivity index (χ2v) is 3.83. The molecule has 0 saturated heterocycles. The monoisotopic (exact) mass is 236 g/mol. The van der Waals surface area contributed by atoms with Crippen molar-refractivity contribution in [3.8, 4) is 0 Å². The van der Waals surface area contributed by atoms with Crippen LogP contribution >= 0.6 is 0 Å². The third kappa shape index (κ3) is 2.85. The summed E-state index contributed by atoms with van der Waals surface area (Å²) < 4.78 is 12.8. The van der Waals surface area contributed by atoms with Crippen LogP contribution in [0.2, 0.25) is 0 Å². The number of tetrazole rings is 1. The number of aliphatic hydroxyl groups is 1. The minimum atomic E-state index is -0.289. The average molecular weight is 236 g/mol. The number of hydrogen-bond acceptors (Lipinski definition) is 4. The van der Waals surface area contributed by atoms with Crippen molar-refractivity contribution in [2.45, 2.75) is 12.3 Å². The first-order valence-corrected chi connectivity index (χ1v) is 5.28. The number of hydrogen-bond donors (Lipinski definition) is 1. The Morgan fingerprint density at radius 3 is 2.59 bits per heavy atom. The van der Waals surface area contributed by atoms with Gasteiger partial charge in [0.2, 0.25) is 0 Å². The van der Waals surface area contributed by atoms with Crippen LogP contribution in [0.15, 0.2) is 24.3 Å². The molecular weight excluding hydrogens is 223 g/mol. The predicted molar refractivity (Wildman–Crippen MR) is 58.7 cm³/mol. The first-order valence-electron chi connectivity index (χ1n) is 5.28. The fourth-order valence-corrected chi connectivity index (χ4v) is 1.65. The first kappa shape index (κ1) is 11.7. The summed E-state index contributed by atoms with van der Waals surface area (Å²) in [6, 6.07) is 6.07. The Morgan fingerprint density at radius 2 is 2.06 bits per heavy atom. The summed E-state index contributed by atoms with van der Waals surface area (Å²) >= 11 is 0. The van der Waals surface area contributed by atoms with Gasteiger partial charge in [-0.05, 0) is 22.9 Å². The van der Waals surface area contributed by atoms with E-state index in [1.807, 2.05) is 0 Å². The van der Waals surface area contributed by atoms with Crippen LogP contribution < -0.4 is 0 Å². The Kier molecular flexibility index (Phi) is 3.43. The predicted octanol–water partition coefficient (Wildman–Crippen LogP) is 0.668. The number of aliphatic hydroxyl groups excluding tert-OH is 1. The van der Waals surface area contributed by atoms with Gasteiger partial charge < -0.3 is 5.11 Å². The van der Waals surface area contributed by atoms with Crippen LogP contribution in [0.4, 0.5) is 4.39 Å². The van der Waals surface area contributed by atoms with Gasteiger partial charge in [0.1, 0.15) is 5.82 Å². The number of aromatic nitrogens is 4. The van der Waals surface area contributed by atoms with E-state index < -0.39 is 0 Å². The zero-order chi connectivity index (χ0) is 12.3. The van der Waals surface area contributed by atoms with Crippen LogP contribution in [0.3, 0.4) is 0 Å². The smallest absolute Gasteiger partial charge is 0.175 e. The molecule has 0 aliphatic heterocycles. The summed E-state index contributed by atoms with van der Waals surface area (Å²) in [6.07, 6.45) is 0.482. The lowest BCUT2D eigenvalue weighted by molar-refractivity contribution is 0.263. The molecule has 0 radical (unpaired) electrons. The van der Waals surface area contributed by atoms with Crippen LogP contribution in [0, 0.1) is 5.82 Å². The molecule has 0 amide bonds. The quantitative estimate of drug-likeness (QED) is 0.847. The second kappa shape index (κ2) is 5.01. The van der Waals surface area contributed by atoms with Gasteiger partial charge in [-0.2, -0.15) is 4.80 Å². The molecule has 1 unspecified atom stereocenters. The Morgan fingerprint density at radius 1 is 1.35 bits per heavy atom. The van der Waals surface area contributed by atoms with Crippen LogP contribution in [0.1, 0.15) is 17.3 Å². The largest absolute Gasteiger partial charge is 0.396 e. The van der Waals surface area contributed by atoms with E-state index in [1.54, 1.807) is 19.2 Å². The molecule has 1 aromatic heterocycles. The fourth-order valence-electron chi connectivity index (χ4n) is 1.65. The van der Waals surface area contributed by atoms with Crippen molar-refractivity contribution in [2.24, 2.45) is 7.05 Å². The van der Waals surface area contributed by atoms with E-state index in [-0.39, 0.29) is 18.3 Å². The minimum absolute atomic E-state index is 0.0378. The molecule has 0 aliphatic rings. The normalized spacial score (nSPS) is 12.6. The van der Waals surface area contributed by atoms with Gasteiger partial charge in [-0.1, -0.05) is 12.1 Å². The minimum Gasteiger partial charge on any atom is -0.396 e. The molecule has 2 rings (SSSR count). The molecule has 6 heteroatoms. The molecule has 1 atom stereocenters. The summed E-state index contributed by atoms with van der Waals surface area (Å²) in [5.74, 6) is 0.138. The zero-order valence-corrected chi connectivity index (χ0v) is 9.41. The maximum Gasteiger partial charge on any atom is 0.175 e. The highest BCUT2D eigenvalue weighted by molar-refractivity contribution is 5.21. The third-order valence-electron chi connectivity index (χ3n) is 2.54. The lowest BCUT2D eigenvalue weighted by atomic mass is 9.96. The van der Waals surface area contributed by atoms with Crippen LogP contribution in [0.5, 0.6) is 0 Å². The Bertz CT molecular complexity index is 482. The fraction of sp³-hybridized carbons (Fsp3) is 0.364. The second-order valence-electron chi connectivity index (χ2n) is 3.83. The summed E-state index contributed by atoms with van der Waals surface area (Å²) in [4.78, 5) is 1.37. The number of halogens is 1. The van der Waals surface area contributed by atoms with E-state index in [0.717, 1.165) is 5.56 Å². The number of benzene rings is 1. The van der Waals surface area contributed by atoms with E-state index in [2.05, 4.69) is 15.4 Å².